The van der Waals surface area contributed by atoms with Crippen molar-refractivity contribution in [2.24, 2.45) is 0 Å². The van der Waals surface area contributed by atoms with Crippen LogP contribution in [0.1, 0.15) is 26.4 Å². The zero-order valence-electron chi connectivity index (χ0n) is 17.5. The van der Waals surface area contributed by atoms with Gasteiger partial charge in [0.1, 0.15) is 5.56 Å². The lowest BCUT2D eigenvalue weighted by molar-refractivity contribution is -0.141. The molecule has 0 aliphatic heterocycles. The number of carboxylic acids is 1. The van der Waals surface area contributed by atoms with Crippen LogP contribution in [0.5, 0.6) is 5.75 Å². The smallest absolute Gasteiger partial charge is 0.435 e. The van der Waals surface area contributed by atoms with Gasteiger partial charge in [-0.2, -0.15) is 18.3 Å². The van der Waals surface area contributed by atoms with E-state index in [9.17, 15) is 27.9 Å². The summed E-state index contributed by atoms with van der Waals surface area (Å²) >= 11 is 6.18. The topological polar surface area (TPSA) is 104 Å². The van der Waals surface area contributed by atoms with E-state index in [1.165, 1.54) is 54.6 Å². The Morgan fingerprint density at radius 2 is 1.66 bits per heavy atom. The highest BCUT2D eigenvalue weighted by Gasteiger charge is 2.35. The highest BCUT2D eigenvalue weighted by atomic mass is 35.5. The first-order chi connectivity index (χ1) is 16.6. The van der Waals surface area contributed by atoms with E-state index in [2.05, 4.69) is 10.4 Å². The number of aromatic carboxylic acids is 1. The van der Waals surface area contributed by atoms with Crippen molar-refractivity contribution in [3.8, 4) is 22.7 Å². The number of aromatic hydroxyl groups is 1. The van der Waals surface area contributed by atoms with Crippen LogP contribution in [0, 0.1) is 0 Å². The lowest BCUT2D eigenvalue weighted by Gasteiger charge is -2.11. The molecule has 0 fully saturated rings. The molecular formula is C24H15ClF3N3O4. The summed E-state index contributed by atoms with van der Waals surface area (Å²) in [6, 6.07) is 16.7. The Morgan fingerprint density at radius 3 is 2.29 bits per heavy atom. The second-order valence-corrected chi connectivity index (χ2v) is 7.72. The molecular weight excluding hydrogens is 487 g/mol. The van der Waals surface area contributed by atoms with Gasteiger partial charge >= 0.3 is 12.1 Å². The minimum absolute atomic E-state index is 0.101. The average molecular weight is 502 g/mol. The molecule has 0 bridgehead atoms. The minimum atomic E-state index is -4.69. The molecule has 0 spiro atoms. The van der Waals surface area contributed by atoms with E-state index in [0.29, 0.717) is 5.56 Å². The van der Waals surface area contributed by atoms with Crippen LogP contribution in [0.3, 0.4) is 0 Å². The molecule has 3 aromatic carbocycles. The molecule has 4 rings (SSSR count). The monoisotopic (exact) mass is 501 g/mol. The number of carbonyl (C=O) groups is 2. The molecule has 7 nitrogen and oxygen atoms in total. The van der Waals surface area contributed by atoms with Crippen LogP contribution in [-0.2, 0) is 6.18 Å². The second-order valence-electron chi connectivity index (χ2n) is 7.31. The van der Waals surface area contributed by atoms with Gasteiger partial charge in [-0.3, -0.25) is 4.79 Å². The Hall–Kier alpha value is -4.31. The maximum Gasteiger partial charge on any atom is 0.435 e. The number of halogens is 4. The van der Waals surface area contributed by atoms with E-state index in [4.69, 9.17) is 16.7 Å². The number of aromatic nitrogens is 2. The predicted octanol–water partition coefficient (Wildman–Crippen LogP) is 5.87. The molecule has 1 amide bonds. The fourth-order valence-corrected chi connectivity index (χ4v) is 3.55. The largest absolute Gasteiger partial charge is 0.505 e. The third kappa shape index (κ3) is 4.82. The third-order valence-electron chi connectivity index (χ3n) is 5.04. The molecule has 3 N–H and O–H groups in total. The molecule has 4 aromatic rings. The molecule has 178 valence electrons. The van der Waals surface area contributed by atoms with E-state index in [0.717, 1.165) is 10.7 Å². The highest BCUT2D eigenvalue weighted by molar-refractivity contribution is 6.32. The first-order valence-corrected chi connectivity index (χ1v) is 10.3. The van der Waals surface area contributed by atoms with Gasteiger partial charge in [0.15, 0.2) is 11.4 Å². The van der Waals surface area contributed by atoms with E-state index >= 15 is 0 Å². The predicted molar refractivity (Wildman–Crippen MR) is 122 cm³/mol. The summed E-state index contributed by atoms with van der Waals surface area (Å²) in [5, 5.41) is 25.5. The number of carboxylic acid groups (broad SMARTS) is 1. The number of alkyl halides is 3. The van der Waals surface area contributed by atoms with Crippen molar-refractivity contribution in [2.45, 2.75) is 6.18 Å². The first kappa shape index (κ1) is 23.8. The Balaban J connectivity index is 1.67. The van der Waals surface area contributed by atoms with Gasteiger partial charge in [0, 0.05) is 11.1 Å². The number of anilines is 1. The van der Waals surface area contributed by atoms with Crippen LogP contribution in [0.25, 0.3) is 16.9 Å². The minimum Gasteiger partial charge on any atom is -0.505 e. The number of nitrogens with one attached hydrogen (secondary N) is 1. The van der Waals surface area contributed by atoms with Crippen LogP contribution in [0.15, 0.2) is 72.8 Å². The average Bonchev–Trinajstić information content (AvgIpc) is 3.26. The molecule has 1 heterocycles. The van der Waals surface area contributed by atoms with Gasteiger partial charge in [0.25, 0.3) is 5.91 Å². The fraction of sp³-hybridized carbons (Fsp3) is 0.0417. The maximum atomic E-state index is 13.4. The van der Waals surface area contributed by atoms with Gasteiger partial charge in [-0.25, -0.2) is 9.48 Å². The van der Waals surface area contributed by atoms with Crippen LogP contribution >= 0.6 is 11.6 Å². The third-order valence-corrected chi connectivity index (χ3v) is 5.36. The zero-order chi connectivity index (χ0) is 25.3. The summed E-state index contributed by atoms with van der Waals surface area (Å²) in [7, 11) is 0. The van der Waals surface area contributed by atoms with Crippen molar-refractivity contribution >= 4 is 29.2 Å². The SMILES string of the molecule is O=C(Nc1cccc(C(=O)O)c1O)c1ccc(-c2cc(C(F)(F)F)nn2-c2ccccc2Cl)cc1. The number of hydrogen-bond donors (Lipinski definition) is 3. The summed E-state index contributed by atoms with van der Waals surface area (Å²) < 4.78 is 41.2. The number of rotatable bonds is 5. The van der Waals surface area contributed by atoms with Gasteiger partial charge < -0.3 is 15.5 Å². The number of hydrogen-bond acceptors (Lipinski definition) is 4. The van der Waals surface area contributed by atoms with Crippen LogP contribution < -0.4 is 5.32 Å². The molecule has 0 aliphatic carbocycles. The molecule has 0 saturated heterocycles. The Morgan fingerprint density at radius 1 is 0.971 bits per heavy atom. The summed E-state index contributed by atoms with van der Waals surface area (Å²) in [4.78, 5) is 23.8. The van der Waals surface area contributed by atoms with Gasteiger partial charge in [-0.15, -0.1) is 0 Å². The second kappa shape index (κ2) is 9.15. The van der Waals surface area contributed by atoms with Crippen molar-refractivity contribution in [3.63, 3.8) is 0 Å². The number of amides is 1. The molecule has 35 heavy (non-hydrogen) atoms. The molecule has 0 atom stereocenters. The standard InChI is InChI=1S/C24H15ClF3N3O4/c25-16-5-1-2-7-18(16)31-19(12-20(30-31)24(26,27)28)13-8-10-14(11-9-13)22(33)29-17-6-3-4-15(21(17)32)23(34)35/h1-12,32H,(H,29,33)(H,34,35). The van der Waals surface area contributed by atoms with E-state index in [1.807, 2.05) is 0 Å². The molecule has 0 saturated carbocycles. The zero-order valence-corrected chi connectivity index (χ0v) is 18.3. The molecule has 11 heteroatoms. The number of para-hydroxylation sites is 2. The van der Waals surface area contributed by atoms with Crippen molar-refractivity contribution in [1.82, 2.24) is 9.78 Å². The van der Waals surface area contributed by atoms with Gasteiger partial charge in [-0.05, 0) is 42.5 Å². The number of carbonyl (C=O) groups excluding carboxylic acids is 1. The first-order valence-electron chi connectivity index (χ1n) is 9.95. The fourth-order valence-electron chi connectivity index (χ4n) is 3.34. The Bertz CT molecular complexity index is 1430. The Kier molecular flexibility index (Phi) is 6.23. The molecule has 0 aliphatic rings. The van der Waals surface area contributed by atoms with Crippen molar-refractivity contribution < 1.29 is 33.0 Å². The number of nitrogens with zero attached hydrogens (tertiary/aromatic N) is 2. The van der Waals surface area contributed by atoms with E-state index in [-0.39, 0.29) is 33.2 Å². The number of phenols is 1. The molecule has 1 aromatic heterocycles. The van der Waals surface area contributed by atoms with E-state index < -0.39 is 29.5 Å². The Labute approximate surface area is 201 Å². The van der Waals surface area contributed by atoms with E-state index in [1.54, 1.807) is 12.1 Å². The van der Waals surface area contributed by atoms with Crippen molar-refractivity contribution in [3.05, 3.63) is 94.6 Å². The molecule has 0 unspecified atom stereocenters. The lowest BCUT2D eigenvalue weighted by atomic mass is 10.1. The maximum absolute atomic E-state index is 13.4. The van der Waals surface area contributed by atoms with Crippen LogP contribution in [-0.4, -0.2) is 31.9 Å². The summed E-state index contributed by atoms with van der Waals surface area (Å²) in [6.45, 7) is 0. The normalized spacial score (nSPS) is 11.3. The summed E-state index contributed by atoms with van der Waals surface area (Å²) in [6.07, 6.45) is -4.69. The van der Waals surface area contributed by atoms with Gasteiger partial charge in [-0.1, -0.05) is 41.9 Å². The van der Waals surface area contributed by atoms with Crippen LogP contribution in [0.4, 0.5) is 18.9 Å². The lowest BCUT2D eigenvalue weighted by Crippen LogP contribution is -2.12. The van der Waals surface area contributed by atoms with Crippen LogP contribution in [0.2, 0.25) is 5.02 Å². The van der Waals surface area contributed by atoms with Crippen molar-refractivity contribution in [1.29, 1.82) is 0 Å². The molecule has 0 radical (unpaired) electrons. The quantitative estimate of drug-likeness (QED) is 0.297. The summed E-state index contributed by atoms with van der Waals surface area (Å²) in [5.74, 6) is -2.63. The highest BCUT2D eigenvalue weighted by Crippen LogP contribution is 2.35. The van der Waals surface area contributed by atoms with Gasteiger partial charge in [0.2, 0.25) is 0 Å². The number of benzene rings is 3. The van der Waals surface area contributed by atoms with Gasteiger partial charge in [0.05, 0.1) is 22.1 Å². The van der Waals surface area contributed by atoms with Crippen molar-refractivity contribution in [2.75, 3.05) is 5.32 Å². The summed E-state index contributed by atoms with van der Waals surface area (Å²) in [5.41, 5.74) is -0.798.